The average molecular weight is 512 g/mol. The number of piperidine rings is 1. The first-order valence-corrected chi connectivity index (χ1v) is 9.83. The maximum Gasteiger partial charge on any atom is 0.306 e. The van der Waals surface area contributed by atoms with Crippen molar-refractivity contribution in [2.75, 3.05) is 26.2 Å². The number of hydrogen-bond acceptors (Lipinski definition) is 4. The minimum absolute atomic E-state index is 0. The molecule has 2 heterocycles. The van der Waals surface area contributed by atoms with Crippen LogP contribution in [0.4, 0.5) is 5.69 Å². The van der Waals surface area contributed by atoms with Gasteiger partial charge in [0.05, 0.1) is 18.0 Å². The van der Waals surface area contributed by atoms with Crippen molar-refractivity contribution in [2.24, 2.45) is 10.9 Å². The van der Waals surface area contributed by atoms with Crippen LogP contribution in [0, 0.1) is 16.0 Å². The van der Waals surface area contributed by atoms with Gasteiger partial charge < -0.3 is 10.2 Å². The van der Waals surface area contributed by atoms with Gasteiger partial charge in [-0.2, -0.15) is 5.10 Å². The van der Waals surface area contributed by atoms with Crippen LogP contribution in [0.3, 0.4) is 0 Å². The molecule has 8 nitrogen and oxygen atoms in total. The van der Waals surface area contributed by atoms with E-state index in [9.17, 15) is 10.1 Å². The lowest BCUT2D eigenvalue weighted by atomic mass is 9.82. The van der Waals surface area contributed by atoms with Crippen molar-refractivity contribution in [3.63, 3.8) is 0 Å². The van der Waals surface area contributed by atoms with E-state index in [1.165, 1.54) is 18.0 Å². The number of nitro groups is 1. The van der Waals surface area contributed by atoms with Crippen LogP contribution in [-0.2, 0) is 6.54 Å². The zero-order chi connectivity index (χ0) is 19.9. The van der Waals surface area contributed by atoms with Gasteiger partial charge in [0.1, 0.15) is 12.4 Å². The van der Waals surface area contributed by atoms with E-state index in [4.69, 9.17) is 4.99 Å². The molecule has 2 unspecified atom stereocenters. The Bertz CT molecular complexity index is 810. The van der Waals surface area contributed by atoms with Crippen molar-refractivity contribution in [3.8, 4) is 0 Å². The summed E-state index contributed by atoms with van der Waals surface area (Å²) >= 11 is 0. The normalized spacial score (nSPS) is 19.5. The Labute approximate surface area is 188 Å². The highest BCUT2D eigenvalue weighted by molar-refractivity contribution is 14.0. The number of guanidine groups is 1. The van der Waals surface area contributed by atoms with E-state index in [1.807, 2.05) is 0 Å². The Kier molecular flexibility index (Phi) is 8.87. The van der Waals surface area contributed by atoms with Gasteiger partial charge in [0, 0.05) is 19.6 Å². The highest BCUT2D eigenvalue weighted by Crippen LogP contribution is 2.32. The van der Waals surface area contributed by atoms with Crippen LogP contribution in [0.5, 0.6) is 0 Å². The molecule has 1 saturated heterocycles. The van der Waals surface area contributed by atoms with Crippen molar-refractivity contribution in [3.05, 3.63) is 58.4 Å². The molecule has 0 amide bonds. The summed E-state index contributed by atoms with van der Waals surface area (Å²) in [6.07, 6.45) is 3.81. The largest absolute Gasteiger partial charge is 0.357 e. The van der Waals surface area contributed by atoms with Crippen molar-refractivity contribution in [1.82, 2.24) is 20.0 Å². The van der Waals surface area contributed by atoms with E-state index < -0.39 is 4.92 Å². The fourth-order valence-corrected chi connectivity index (χ4v) is 3.79. The number of hydrogen-bond donors (Lipinski definition) is 1. The summed E-state index contributed by atoms with van der Waals surface area (Å²) < 4.78 is 1.56. The van der Waals surface area contributed by atoms with E-state index in [1.54, 1.807) is 4.68 Å². The summed E-state index contributed by atoms with van der Waals surface area (Å²) in [6.45, 7) is 8.12. The zero-order valence-corrected chi connectivity index (χ0v) is 19.2. The predicted octanol–water partition coefficient (Wildman–Crippen LogP) is 3.50. The summed E-state index contributed by atoms with van der Waals surface area (Å²) in [5.74, 6) is 2.02. The van der Waals surface area contributed by atoms with Crippen molar-refractivity contribution in [1.29, 1.82) is 0 Å². The van der Waals surface area contributed by atoms with Gasteiger partial charge in [-0.05, 0) is 30.7 Å². The summed E-state index contributed by atoms with van der Waals surface area (Å²) in [5.41, 5.74) is 1.42. The molecule has 2 atom stereocenters. The molecule has 1 aromatic carbocycles. The highest BCUT2D eigenvalue weighted by Gasteiger charge is 2.28. The molecule has 0 saturated carbocycles. The molecule has 1 aliphatic heterocycles. The number of nitrogens with one attached hydrogen (secondary N) is 1. The second-order valence-corrected chi connectivity index (χ2v) is 7.18. The third-order valence-corrected chi connectivity index (χ3v) is 5.19. The molecule has 1 aromatic heterocycles. The van der Waals surface area contributed by atoms with Gasteiger partial charge in [-0.1, -0.05) is 37.3 Å². The van der Waals surface area contributed by atoms with Crippen molar-refractivity contribution >= 4 is 35.6 Å². The smallest absolute Gasteiger partial charge is 0.306 e. The standard InChI is InChI=1S/C20H28N6O2.HI/c1-3-21-20(22-10-12-25-15-18(13-23-25)26(27)28)24-11-9-19(16(2)14-24)17-7-5-4-6-8-17;/h4-8,13,15-16,19H,3,9-12,14H2,1-2H3,(H,21,22);1H. The van der Waals surface area contributed by atoms with Crippen LogP contribution >= 0.6 is 24.0 Å². The van der Waals surface area contributed by atoms with Gasteiger partial charge in [0.15, 0.2) is 5.96 Å². The third kappa shape index (κ3) is 6.15. The number of halogens is 1. The van der Waals surface area contributed by atoms with Crippen LogP contribution < -0.4 is 5.32 Å². The van der Waals surface area contributed by atoms with E-state index in [2.05, 4.69) is 59.5 Å². The van der Waals surface area contributed by atoms with Crippen LogP contribution in [-0.4, -0.2) is 51.7 Å². The Balaban J connectivity index is 0.00000300. The van der Waals surface area contributed by atoms with E-state index in [0.717, 1.165) is 32.0 Å². The first-order valence-electron chi connectivity index (χ1n) is 9.83. The number of aliphatic imine (C=N–C) groups is 1. The molecule has 2 aromatic rings. The van der Waals surface area contributed by atoms with Crippen LogP contribution in [0.1, 0.15) is 31.7 Å². The topological polar surface area (TPSA) is 88.6 Å². The number of rotatable bonds is 6. The second-order valence-electron chi connectivity index (χ2n) is 7.18. The fourth-order valence-electron chi connectivity index (χ4n) is 3.79. The molecule has 0 radical (unpaired) electrons. The van der Waals surface area contributed by atoms with Gasteiger partial charge in [-0.15, -0.1) is 24.0 Å². The maximum absolute atomic E-state index is 10.8. The van der Waals surface area contributed by atoms with Gasteiger partial charge in [0.25, 0.3) is 0 Å². The minimum atomic E-state index is -0.435. The molecular weight excluding hydrogens is 483 g/mol. The lowest BCUT2D eigenvalue weighted by Crippen LogP contribution is -2.48. The summed E-state index contributed by atoms with van der Waals surface area (Å²) in [7, 11) is 0. The number of nitrogens with zero attached hydrogens (tertiary/aromatic N) is 5. The average Bonchev–Trinajstić information content (AvgIpc) is 3.17. The molecule has 1 N–H and O–H groups in total. The second kappa shape index (κ2) is 11.1. The number of benzene rings is 1. The SMILES string of the molecule is CCNC(=NCCn1cc([N+](=O)[O-])cn1)N1CCC(c2ccccc2)C(C)C1.I. The lowest BCUT2D eigenvalue weighted by molar-refractivity contribution is -0.385. The van der Waals surface area contributed by atoms with Crippen molar-refractivity contribution in [2.45, 2.75) is 32.7 Å². The molecule has 1 fully saturated rings. The molecule has 0 bridgehead atoms. The summed E-state index contributed by atoms with van der Waals surface area (Å²) in [5, 5.41) is 18.2. The fraction of sp³-hybridized carbons (Fsp3) is 0.500. The summed E-state index contributed by atoms with van der Waals surface area (Å²) in [6, 6.07) is 10.7. The van der Waals surface area contributed by atoms with Crippen molar-refractivity contribution < 1.29 is 4.92 Å². The van der Waals surface area contributed by atoms with E-state index >= 15 is 0 Å². The lowest BCUT2D eigenvalue weighted by Gasteiger charge is -2.39. The molecule has 158 valence electrons. The molecular formula is C20H29IN6O2. The van der Waals surface area contributed by atoms with Crippen LogP contribution in [0.25, 0.3) is 0 Å². The zero-order valence-electron chi connectivity index (χ0n) is 16.9. The number of likely N-dealkylation sites (tertiary alicyclic amines) is 1. The molecule has 29 heavy (non-hydrogen) atoms. The molecule has 3 rings (SSSR count). The molecule has 0 spiro atoms. The van der Waals surface area contributed by atoms with E-state index in [-0.39, 0.29) is 29.7 Å². The first kappa shape index (κ1) is 23.1. The summed E-state index contributed by atoms with van der Waals surface area (Å²) in [4.78, 5) is 17.4. The first-order chi connectivity index (χ1) is 13.6. The monoisotopic (exact) mass is 512 g/mol. The Morgan fingerprint density at radius 2 is 2.14 bits per heavy atom. The number of aromatic nitrogens is 2. The Morgan fingerprint density at radius 1 is 1.38 bits per heavy atom. The maximum atomic E-state index is 10.8. The molecule has 1 aliphatic rings. The van der Waals surface area contributed by atoms with E-state index in [0.29, 0.717) is 24.9 Å². The Hall–Kier alpha value is -2.17. The van der Waals surface area contributed by atoms with Crippen LogP contribution in [0.2, 0.25) is 0 Å². The predicted molar refractivity (Wildman–Crippen MR) is 125 cm³/mol. The van der Waals surface area contributed by atoms with Gasteiger partial charge in [-0.25, -0.2) is 0 Å². The molecule has 9 heteroatoms. The molecule has 0 aliphatic carbocycles. The Morgan fingerprint density at radius 3 is 2.76 bits per heavy atom. The van der Waals surface area contributed by atoms with Gasteiger partial charge >= 0.3 is 5.69 Å². The third-order valence-electron chi connectivity index (χ3n) is 5.19. The van der Waals surface area contributed by atoms with Gasteiger partial charge in [0.2, 0.25) is 0 Å². The minimum Gasteiger partial charge on any atom is -0.357 e. The van der Waals surface area contributed by atoms with Gasteiger partial charge in [-0.3, -0.25) is 19.8 Å². The highest BCUT2D eigenvalue weighted by atomic mass is 127. The quantitative estimate of drug-likeness (QED) is 0.211. The van der Waals surface area contributed by atoms with Crippen LogP contribution in [0.15, 0.2) is 47.7 Å².